The lowest BCUT2D eigenvalue weighted by molar-refractivity contribution is 0.447. The van der Waals surface area contributed by atoms with Gasteiger partial charge in [0.25, 0.3) is 0 Å². The summed E-state index contributed by atoms with van der Waals surface area (Å²) < 4.78 is 0. The van der Waals surface area contributed by atoms with Crippen molar-refractivity contribution in [2.45, 2.75) is 45.1 Å². The minimum absolute atomic E-state index is 0.800. The Balaban J connectivity index is 1.94. The van der Waals surface area contributed by atoms with E-state index in [1.165, 1.54) is 44.4 Å². The number of thioether (sulfide) groups is 1. The van der Waals surface area contributed by atoms with E-state index in [9.17, 15) is 0 Å². The third kappa shape index (κ3) is 5.58. The van der Waals surface area contributed by atoms with Crippen LogP contribution in [0.1, 0.15) is 39.0 Å². The van der Waals surface area contributed by atoms with Crippen LogP contribution in [0.5, 0.6) is 0 Å². The molecule has 1 saturated carbocycles. The quantitative estimate of drug-likeness (QED) is 0.606. The van der Waals surface area contributed by atoms with E-state index in [0.29, 0.717) is 0 Å². The van der Waals surface area contributed by atoms with Gasteiger partial charge in [0.1, 0.15) is 0 Å². The highest BCUT2D eigenvalue weighted by atomic mass is 32.2. The molecule has 0 aromatic rings. The first-order valence-corrected chi connectivity index (χ1v) is 6.98. The van der Waals surface area contributed by atoms with Crippen LogP contribution in [0, 0.1) is 5.92 Å². The van der Waals surface area contributed by atoms with Crippen LogP contribution in [-0.4, -0.2) is 24.6 Å². The zero-order valence-corrected chi connectivity index (χ0v) is 9.83. The molecule has 0 heterocycles. The average molecular weight is 201 g/mol. The Bertz CT molecular complexity index is 123. The SMILES string of the molecule is CCC(CC1CC1)NCCCSC. The number of nitrogens with one attached hydrogen (secondary N) is 1. The third-order valence-electron chi connectivity index (χ3n) is 2.77. The van der Waals surface area contributed by atoms with E-state index in [1.807, 2.05) is 11.8 Å². The fourth-order valence-electron chi connectivity index (χ4n) is 1.67. The second-order valence-electron chi connectivity index (χ2n) is 4.08. The molecule has 1 fully saturated rings. The topological polar surface area (TPSA) is 12.0 Å². The van der Waals surface area contributed by atoms with E-state index in [0.717, 1.165) is 12.0 Å². The van der Waals surface area contributed by atoms with Gasteiger partial charge in [0.2, 0.25) is 0 Å². The van der Waals surface area contributed by atoms with Gasteiger partial charge < -0.3 is 5.32 Å². The van der Waals surface area contributed by atoms with Crippen molar-refractivity contribution in [3.05, 3.63) is 0 Å². The van der Waals surface area contributed by atoms with Crippen molar-refractivity contribution in [3.63, 3.8) is 0 Å². The van der Waals surface area contributed by atoms with Crippen LogP contribution in [-0.2, 0) is 0 Å². The zero-order valence-electron chi connectivity index (χ0n) is 9.01. The van der Waals surface area contributed by atoms with E-state index in [-0.39, 0.29) is 0 Å². The molecule has 78 valence electrons. The van der Waals surface area contributed by atoms with Gasteiger partial charge in [-0.15, -0.1) is 0 Å². The minimum Gasteiger partial charge on any atom is -0.314 e. The zero-order chi connectivity index (χ0) is 9.52. The van der Waals surface area contributed by atoms with Crippen LogP contribution in [0.3, 0.4) is 0 Å². The molecule has 1 aliphatic carbocycles. The lowest BCUT2D eigenvalue weighted by Gasteiger charge is -2.16. The predicted octanol–water partition coefficient (Wildman–Crippen LogP) is 2.91. The Hall–Kier alpha value is 0.310. The third-order valence-corrected chi connectivity index (χ3v) is 3.46. The van der Waals surface area contributed by atoms with Gasteiger partial charge in [-0.05, 0) is 43.7 Å². The van der Waals surface area contributed by atoms with Crippen molar-refractivity contribution in [2.24, 2.45) is 5.92 Å². The molecule has 0 saturated heterocycles. The summed E-state index contributed by atoms with van der Waals surface area (Å²) in [6, 6.07) is 0.800. The average Bonchev–Trinajstić information content (AvgIpc) is 2.94. The van der Waals surface area contributed by atoms with Gasteiger partial charge in [0, 0.05) is 6.04 Å². The Morgan fingerprint density at radius 1 is 1.46 bits per heavy atom. The second kappa shape index (κ2) is 6.72. The molecule has 13 heavy (non-hydrogen) atoms. The molecule has 0 spiro atoms. The van der Waals surface area contributed by atoms with Crippen molar-refractivity contribution in [3.8, 4) is 0 Å². The normalized spacial score (nSPS) is 18.9. The molecule has 0 bridgehead atoms. The van der Waals surface area contributed by atoms with E-state index < -0.39 is 0 Å². The van der Waals surface area contributed by atoms with Gasteiger partial charge in [-0.3, -0.25) is 0 Å². The lowest BCUT2D eigenvalue weighted by Crippen LogP contribution is -2.30. The smallest absolute Gasteiger partial charge is 0.00670 e. The Labute approximate surface area is 87.1 Å². The molecular formula is C11H23NS. The highest BCUT2D eigenvalue weighted by molar-refractivity contribution is 7.98. The van der Waals surface area contributed by atoms with Crippen LogP contribution in [0.4, 0.5) is 0 Å². The first-order valence-electron chi connectivity index (χ1n) is 5.59. The maximum absolute atomic E-state index is 3.66. The van der Waals surface area contributed by atoms with Crippen LogP contribution in [0.2, 0.25) is 0 Å². The Morgan fingerprint density at radius 3 is 2.77 bits per heavy atom. The predicted molar refractivity (Wildman–Crippen MR) is 62.4 cm³/mol. The van der Waals surface area contributed by atoms with Crippen molar-refractivity contribution >= 4 is 11.8 Å². The number of hydrogen-bond acceptors (Lipinski definition) is 2. The highest BCUT2D eigenvalue weighted by Gasteiger charge is 2.24. The lowest BCUT2D eigenvalue weighted by atomic mass is 10.1. The van der Waals surface area contributed by atoms with Crippen molar-refractivity contribution in [1.82, 2.24) is 5.32 Å². The Morgan fingerprint density at radius 2 is 2.23 bits per heavy atom. The van der Waals surface area contributed by atoms with Crippen molar-refractivity contribution in [1.29, 1.82) is 0 Å². The summed E-state index contributed by atoms with van der Waals surface area (Å²) in [6.07, 6.45) is 9.21. The van der Waals surface area contributed by atoms with Crippen LogP contribution < -0.4 is 5.32 Å². The van der Waals surface area contributed by atoms with Gasteiger partial charge in [0.05, 0.1) is 0 Å². The number of rotatable bonds is 8. The summed E-state index contributed by atoms with van der Waals surface area (Å²) in [4.78, 5) is 0. The van der Waals surface area contributed by atoms with Crippen molar-refractivity contribution in [2.75, 3.05) is 18.6 Å². The molecule has 1 aliphatic rings. The molecule has 1 N–H and O–H groups in total. The maximum Gasteiger partial charge on any atom is 0.00670 e. The summed E-state index contributed by atoms with van der Waals surface area (Å²) in [7, 11) is 0. The van der Waals surface area contributed by atoms with Gasteiger partial charge in [0.15, 0.2) is 0 Å². The molecule has 2 heteroatoms. The molecule has 0 aromatic heterocycles. The van der Waals surface area contributed by atoms with Crippen LogP contribution in [0.15, 0.2) is 0 Å². The molecule has 1 unspecified atom stereocenters. The molecule has 0 aliphatic heterocycles. The van der Waals surface area contributed by atoms with Crippen LogP contribution in [0.25, 0.3) is 0 Å². The molecular weight excluding hydrogens is 178 g/mol. The monoisotopic (exact) mass is 201 g/mol. The van der Waals surface area contributed by atoms with E-state index >= 15 is 0 Å². The van der Waals surface area contributed by atoms with E-state index in [4.69, 9.17) is 0 Å². The van der Waals surface area contributed by atoms with E-state index in [2.05, 4.69) is 18.5 Å². The molecule has 1 rings (SSSR count). The fourth-order valence-corrected chi connectivity index (χ4v) is 2.11. The van der Waals surface area contributed by atoms with Crippen molar-refractivity contribution < 1.29 is 0 Å². The molecule has 0 radical (unpaired) electrons. The molecule has 1 atom stereocenters. The summed E-state index contributed by atoms with van der Waals surface area (Å²) >= 11 is 1.95. The Kier molecular flexibility index (Phi) is 5.88. The highest BCUT2D eigenvalue weighted by Crippen LogP contribution is 2.33. The van der Waals surface area contributed by atoms with Gasteiger partial charge in [-0.2, -0.15) is 11.8 Å². The first kappa shape index (κ1) is 11.4. The first-order chi connectivity index (χ1) is 6.36. The maximum atomic E-state index is 3.66. The van der Waals surface area contributed by atoms with E-state index in [1.54, 1.807) is 0 Å². The largest absolute Gasteiger partial charge is 0.314 e. The second-order valence-corrected chi connectivity index (χ2v) is 5.07. The standard InChI is InChI=1S/C11H23NS/c1-3-11(9-10-5-6-10)12-7-4-8-13-2/h10-12H,3-9H2,1-2H3. The molecule has 0 amide bonds. The van der Waals surface area contributed by atoms with Gasteiger partial charge in [-0.1, -0.05) is 19.8 Å². The van der Waals surface area contributed by atoms with Gasteiger partial charge in [-0.25, -0.2) is 0 Å². The fraction of sp³-hybridized carbons (Fsp3) is 1.00. The van der Waals surface area contributed by atoms with Gasteiger partial charge >= 0.3 is 0 Å². The molecule has 0 aromatic carbocycles. The summed E-state index contributed by atoms with van der Waals surface area (Å²) in [5.41, 5.74) is 0. The summed E-state index contributed by atoms with van der Waals surface area (Å²) in [6.45, 7) is 3.51. The minimum atomic E-state index is 0.800. The number of hydrogen-bond donors (Lipinski definition) is 1. The molecule has 1 nitrogen and oxygen atoms in total. The summed E-state index contributed by atoms with van der Waals surface area (Å²) in [5.74, 6) is 2.37. The summed E-state index contributed by atoms with van der Waals surface area (Å²) in [5, 5.41) is 3.66. The van der Waals surface area contributed by atoms with Crippen LogP contribution >= 0.6 is 11.8 Å².